The van der Waals surface area contributed by atoms with Crippen molar-refractivity contribution in [3.8, 4) is 0 Å². The van der Waals surface area contributed by atoms with Crippen molar-refractivity contribution in [1.29, 1.82) is 0 Å². The molecule has 0 fully saturated rings. The molecule has 0 radical (unpaired) electrons. The molecule has 0 saturated heterocycles. The quantitative estimate of drug-likeness (QED) is 0.778. The van der Waals surface area contributed by atoms with E-state index in [0.29, 0.717) is 6.04 Å². The average molecular weight is 195 g/mol. The van der Waals surface area contributed by atoms with E-state index < -0.39 is 0 Å². The van der Waals surface area contributed by atoms with Crippen LogP contribution in [0.3, 0.4) is 0 Å². The highest BCUT2D eigenvalue weighted by molar-refractivity contribution is 5.26. The molecule has 0 aliphatic rings. The molecule has 0 unspecified atom stereocenters. The van der Waals surface area contributed by atoms with Crippen LogP contribution in [0.5, 0.6) is 0 Å². The lowest BCUT2D eigenvalue weighted by Crippen LogP contribution is -2.24. The minimum absolute atomic E-state index is 0.158. The number of rotatable bonds is 4. The number of nitrogens with one attached hydrogen (secondary N) is 1. The summed E-state index contributed by atoms with van der Waals surface area (Å²) in [5.74, 6) is -0.158. The monoisotopic (exact) mass is 195 g/mol. The van der Waals surface area contributed by atoms with E-state index in [0.717, 1.165) is 18.5 Å². The molecular weight excluding hydrogens is 177 g/mol. The Balaban J connectivity index is 2.59. The molecule has 14 heavy (non-hydrogen) atoms. The Morgan fingerprint density at radius 1 is 1.43 bits per heavy atom. The highest BCUT2D eigenvalue weighted by atomic mass is 19.1. The smallest absolute Gasteiger partial charge is 0.123 e. The van der Waals surface area contributed by atoms with Gasteiger partial charge in [-0.15, -0.1) is 0 Å². The highest BCUT2D eigenvalue weighted by Crippen LogP contribution is 2.10. The molecule has 0 heterocycles. The van der Waals surface area contributed by atoms with Gasteiger partial charge in [0.25, 0.3) is 0 Å². The van der Waals surface area contributed by atoms with Gasteiger partial charge in [-0.1, -0.05) is 13.0 Å². The standard InChI is InChI=1S/C12H18FN/c1-4-10(3)14-8-11-5-6-12(13)7-9(11)2/h5-7,10,14H,4,8H2,1-3H3/t10-/m1/s1. The number of halogens is 1. The van der Waals surface area contributed by atoms with Gasteiger partial charge in [-0.2, -0.15) is 0 Å². The maximum atomic E-state index is 12.8. The predicted molar refractivity (Wildman–Crippen MR) is 57.7 cm³/mol. The Hall–Kier alpha value is -0.890. The van der Waals surface area contributed by atoms with Crippen molar-refractivity contribution in [2.24, 2.45) is 0 Å². The summed E-state index contributed by atoms with van der Waals surface area (Å²) >= 11 is 0. The van der Waals surface area contributed by atoms with Crippen molar-refractivity contribution in [3.05, 3.63) is 35.1 Å². The van der Waals surface area contributed by atoms with Crippen LogP contribution in [0.1, 0.15) is 31.4 Å². The zero-order valence-corrected chi connectivity index (χ0v) is 9.10. The van der Waals surface area contributed by atoms with Crippen molar-refractivity contribution in [3.63, 3.8) is 0 Å². The van der Waals surface area contributed by atoms with E-state index in [1.807, 2.05) is 13.0 Å². The van der Waals surface area contributed by atoms with Gasteiger partial charge in [-0.25, -0.2) is 4.39 Å². The largest absolute Gasteiger partial charge is 0.310 e. The lowest BCUT2D eigenvalue weighted by molar-refractivity contribution is 0.532. The second-order valence-electron chi connectivity index (χ2n) is 3.76. The molecule has 0 spiro atoms. The van der Waals surface area contributed by atoms with E-state index in [1.54, 1.807) is 6.07 Å². The van der Waals surface area contributed by atoms with Crippen LogP contribution in [0.4, 0.5) is 4.39 Å². The van der Waals surface area contributed by atoms with E-state index in [-0.39, 0.29) is 5.82 Å². The van der Waals surface area contributed by atoms with Crippen molar-refractivity contribution in [2.75, 3.05) is 0 Å². The minimum Gasteiger partial charge on any atom is -0.310 e. The summed E-state index contributed by atoms with van der Waals surface area (Å²) < 4.78 is 12.8. The lowest BCUT2D eigenvalue weighted by atomic mass is 10.1. The van der Waals surface area contributed by atoms with E-state index >= 15 is 0 Å². The first kappa shape index (κ1) is 11.2. The van der Waals surface area contributed by atoms with Crippen molar-refractivity contribution < 1.29 is 4.39 Å². The summed E-state index contributed by atoms with van der Waals surface area (Å²) in [6.07, 6.45) is 1.11. The molecule has 0 aliphatic heterocycles. The maximum Gasteiger partial charge on any atom is 0.123 e. The Labute approximate surface area is 85.3 Å². The Kier molecular flexibility index (Phi) is 4.08. The van der Waals surface area contributed by atoms with Gasteiger partial charge >= 0.3 is 0 Å². The molecule has 2 heteroatoms. The molecule has 0 aliphatic carbocycles. The minimum atomic E-state index is -0.158. The zero-order chi connectivity index (χ0) is 10.6. The average Bonchev–Trinajstić information content (AvgIpc) is 2.16. The van der Waals surface area contributed by atoms with Crippen LogP contribution >= 0.6 is 0 Å². The summed E-state index contributed by atoms with van der Waals surface area (Å²) in [5.41, 5.74) is 2.19. The van der Waals surface area contributed by atoms with Crippen molar-refractivity contribution in [1.82, 2.24) is 5.32 Å². The zero-order valence-electron chi connectivity index (χ0n) is 9.10. The Morgan fingerprint density at radius 2 is 2.14 bits per heavy atom. The third-order valence-electron chi connectivity index (χ3n) is 2.56. The Morgan fingerprint density at radius 3 is 2.71 bits per heavy atom. The van der Waals surface area contributed by atoms with Crippen molar-refractivity contribution >= 4 is 0 Å². The molecule has 1 aromatic rings. The van der Waals surface area contributed by atoms with Crippen LogP contribution in [0.2, 0.25) is 0 Å². The van der Waals surface area contributed by atoms with Crippen LogP contribution in [-0.2, 0) is 6.54 Å². The molecule has 0 aromatic heterocycles. The van der Waals surface area contributed by atoms with Crippen LogP contribution < -0.4 is 5.32 Å². The van der Waals surface area contributed by atoms with Crippen molar-refractivity contribution in [2.45, 2.75) is 39.8 Å². The maximum absolute atomic E-state index is 12.8. The molecular formula is C12H18FN. The lowest BCUT2D eigenvalue weighted by Gasteiger charge is -2.12. The van der Waals surface area contributed by atoms with Gasteiger partial charge in [0.2, 0.25) is 0 Å². The summed E-state index contributed by atoms with van der Waals surface area (Å²) in [7, 11) is 0. The van der Waals surface area contributed by atoms with E-state index in [2.05, 4.69) is 19.2 Å². The number of hydrogen-bond donors (Lipinski definition) is 1. The van der Waals surface area contributed by atoms with E-state index in [9.17, 15) is 4.39 Å². The Bertz CT molecular complexity index is 296. The predicted octanol–water partition coefficient (Wildman–Crippen LogP) is 3.02. The van der Waals surface area contributed by atoms with Crippen LogP contribution in [0.25, 0.3) is 0 Å². The summed E-state index contributed by atoms with van der Waals surface area (Å²) in [4.78, 5) is 0. The molecule has 1 N–H and O–H groups in total. The number of aryl methyl sites for hydroxylation is 1. The van der Waals surface area contributed by atoms with Gasteiger partial charge < -0.3 is 5.32 Å². The van der Waals surface area contributed by atoms with Gasteiger partial charge in [-0.05, 0) is 43.5 Å². The second-order valence-corrected chi connectivity index (χ2v) is 3.76. The summed E-state index contributed by atoms with van der Waals surface area (Å²) in [6.45, 7) is 7.06. The van der Waals surface area contributed by atoms with Gasteiger partial charge in [0.15, 0.2) is 0 Å². The fourth-order valence-corrected chi connectivity index (χ4v) is 1.29. The van der Waals surface area contributed by atoms with Crippen LogP contribution in [0.15, 0.2) is 18.2 Å². The first-order chi connectivity index (χ1) is 6.63. The fraction of sp³-hybridized carbons (Fsp3) is 0.500. The van der Waals surface area contributed by atoms with E-state index in [4.69, 9.17) is 0 Å². The normalized spacial score (nSPS) is 12.9. The first-order valence-electron chi connectivity index (χ1n) is 5.12. The highest BCUT2D eigenvalue weighted by Gasteiger charge is 2.01. The molecule has 1 rings (SSSR count). The number of hydrogen-bond acceptors (Lipinski definition) is 1. The van der Waals surface area contributed by atoms with Crippen LogP contribution in [0, 0.1) is 12.7 Å². The molecule has 1 aromatic carbocycles. The summed E-state index contributed by atoms with van der Waals surface area (Å²) in [6, 6.07) is 5.45. The van der Waals surface area contributed by atoms with E-state index in [1.165, 1.54) is 11.6 Å². The van der Waals surface area contributed by atoms with Crippen LogP contribution in [-0.4, -0.2) is 6.04 Å². The molecule has 1 atom stereocenters. The molecule has 0 saturated carbocycles. The molecule has 0 amide bonds. The summed E-state index contributed by atoms with van der Waals surface area (Å²) in [5, 5.41) is 3.39. The van der Waals surface area contributed by atoms with Gasteiger partial charge in [0, 0.05) is 12.6 Å². The number of benzene rings is 1. The topological polar surface area (TPSA) is 12.0 Å². The molecule has 1 nitrogen and oxygen atoms in total. The fourth-order valence-electron chi connectivity index (χ4n) is 1.29. The molecule has 78 valence electrons. The third kappa shape index (κ3) is 3.11. The van der Waals surface area contributed by atoms with Gasteiger partial charge in [-0.3, -0.25) is 0 Å². The third-order valence-corrected chi connectivity index (χ3v) is 2.56. The van der Waals surface area contributed by atoms with Gasteiger partial charge in [0.05, 0.1) is 0 Å². The second kappa shape index (κ2) is 5.11. The first-order valence-corrected chi connectivity index (χ1v) is 5.12. The molecule has 0 bridgehead atoms. The van der Waals surface area contributed by atoms with Gasteiger partial charge in [0.1, 0.15) is 5.82 Å². The SMILES string of the molecule is CC[C@@H](C)NCc1ccc(F)cc1C.